The number of hydrogen-bond acceptors (Lipinski definition) is 1. The van der Waals surface area contributed by atoms with Crippen molar-refractivity contribution in [2.24, 2.45) is 0 Å². The van der Waals surface area contributed by atoms with Gasteiger partial charge in [0.05, 0.1) is 5.56 Å². The maximum absolute atomic E-state index is 13.4. The van der Waals surface area contributed by atoms with Crippen molar-refractivity contribution in [3.63, 3.8) is 0 Å². The third kappa shape index (κ3) is 3.72. The summed E-state index contributed by atoms with van der Waals surface area (Å²) in [7, 11) is 0. The Morgan fingerprint density at radius 3 is 2.28 bits per heavy atom. The lowest BCUT2D eigenvalue weighted by Gasteiger charge is -2.27. The molecule has 1 amide bonds. The highest BCUT2D eigenvalue weighted by atomic mass is 19.4. The Morgan fingerprint density at radius 1 is 1.28 bits per heavy atom. The first-order valence-corrected chi connectivity index (χ1v) is 5.34. The number of rotatable bonds is 3. The molecule has 0 aliphatic rings. The molecule has 0 saturated heterocycles. The van der Waals surface area contributed by atoms with Gasteiger partial charge in [-0.25, -0.2) is 4.39 Å². The van der Waals surface area contributed by atoms with Crippen LogP contribution in [-0.2, 0) is 0 Å². The minimum atomic E-state index is -4.51. The van der Waals surface area contributed by atoms with Crippen LogP contribution in [0.15, 0.2) is 24.3 Å². The monoisotopic (exact) mass is 263 g/mol. The Bertz CT molecular complexity index is 428. The summed E-state index contributed by atoms with van der Waals surface area (Å²) in [4.78, 5) is 12.5. The molecule has 1 aromatic rings. The zero-order chi connectivity index (χ0) is 13.9. The van der Waals surface area contributed by atoms with Crippen molar-refractivity contribution in [3.05, 3.63) is 35.6 Å². The molecule has 0 atom stereocenters. The molecule has 0 saturated carbocycles. The van der Waals surface area contributed by atoms with Crippen LogP contribution in [0.2, 0.25) is 0 Å². The van der Waals surface area contributed by atoms with Crippen molar-refractivity contribution in [1.82, 2.24) is 4.90 Å². The molecular weight excluding hydrogens is 250 g/mol. The van der Waals surface area contributed by atoms with Crippen LogP contribution < -0.4 is 0 Å². The largest absolute Gasteiger partial charge is 0.406 e. The van der Waals surface area contributed by atoms with Crippen LogP contribution in [0.3, 0.4) is 0 Å². The Hall–Kier alpha value is -1.59. The van der Waals surface area contributed by atoms with Crippen molar-refractivity contribution in [2.45, 2.75) is 26.1 Å². The van der Waals surface area contributed by atoms with E-state index in [2.05, 4.69) is 0 Å². The van der Waals surface area contributed by atoms with E-state index >= 15 is 0 Å². The molecule has 0 N–H and O–H groups in total. The minimum absolute atomic E-state index is 0.351. The Morgan fingerprint density at radius 2 is 1.83 bits per heavy atom. The number of benzene rings is 1. The Balaban J connectivity index is 3.01. The van der Waals surface area contributed by atoms with Crippen LogP contribution in [0.4, 0.5) is 17.6 Å². The maximum Gasteiger partial charge on any atom is 0.406 e. The second-order valence-corrected chi connectivity index (χ2v) is 4.12. The van der Waals surface area contributed by atoms with E-state index in [0.29, 0.717) is 4.90 Å². The van der Waals surface area contributed by atoms with Crippen LogP contribution in [0.25, 0.3) is 0 Å². The summed E-state index contributed by atoms with van der Waals surface area (Å²) in [6.07, 6.45) is -4.51. The molecule has 100 valence electrons. The molecule has 2 nitrogen and oxygen atoms in total. The summed E-state index contributed by atoms with van der Waals surface area (Å²) in [5, 5.41) is 0. The zero-order valence-corrected chi connectivity index (χ0v) is 9.96. The van der Waals surface area contributed by atoms with Gasteiger partial charge >= 0.3 is 6.18 Å². The highest BCUT2D eigenvalue weighted by molar-refractivity contribution is 5.94. The van der Waals surface area contributed by atoms with Crippen molar-refractivity contribution in [2.75, 3.05) is 6.54 Å². The number of carbonyl (C=O) groups is 1. The van der Waals surface area contributed by atoms with E-state index < -0.39 is 30.5 Å². The smallest absolute Gasteiger partial charge is 0.327 e. The van der Waals surface area contributed by atoms with E-state index in [1.54, 1.807) is 0 Å². The van der Waals surface area contributed by atoms with Gasteiger partial charge in [-0.2, -0.15) is 13.2 Å². The van der Waals surface area contributed by atoms with Crippen LogP contribution in [-0.4, -0.2) is 29.6 Å². The predicted molar refractivity (Wildman–Crippen MR) is 58.6 cm³/mol. The molecule has 0 spiro atoms. The van der Waals surface area contributed by atoms with Gasteiger partial charge in [-0.3, -0.25) is 4.79 Å². The molecule has 0 heterocycles. The lowest BCUT2D eigenvalue weighted by atomic mass is 10.1. The molecule has 0 aromatic heterocycles. The van der Waals surface area contributed by atoms with Crippen LogP contribution in [0.5, 0.6) is 0 Å². The lowest BCUT2D eigenvalue weighted by Crippen LogP contribution is -2.43. The van der Waals surface area contributed by atoms with Gasteiger partial charge in [-0.05, 0) is 26.0 Å². The fourth-order valence-corrected chi connectivity index (χ4v) is 1.47. The third-order valence-electron chi connectivity index (χ3n) is 2.34. The average molecular weight is 263 g/mol. The number of amides is 1. The number of carbonyl (C=O) groups excluding carboxylic acids is 1. The molecule has 0 unspecified atom stereocenters. The fourth-order valence-electron chi connectivity index (χ4n) is 1.47. The van der Waals surface area contributed by atoms with Crippen molar-refractivity contribution < 1.29 is 22.4 Å². The van der Waals surface area contributed by atoms with Gasteiger partial charge in [-0.15, -0.1) is 0 Å². The number of halogens is 4. The van der Waals surface area contributed by atoms with Crippen LogP contribution >= 0.6 is 0 Å². The van der Waals surface area contributed by atoms with Gasteiger partial charge in [0.2, 0.25) is 0 Å². The van der Waals surface area contributed by atoms with E-state index in [-0.39, 0.29) is 5.56 Å². The van der Waals surface area contributed by atoms with E-state index in [1.807, 2.05) is 0 Å². The average Bonchev–Trinajstić information content (AvgIpc) is 2.24. The van der Waals surface area contributed by atoms with E-state index in [9.17, 15) is 22.4 Å². The minimum Gasteiger partial charge on any atom is -0.327 e. The number of nitrogens with zero attached hydrogens (tertiary/aromatic N) is 1. The number of hydrogen-bond donors (Lipinski definition) is 0. The summed E-state index contributed by atoms with van der Waals surface area (Å²) in [5.41, 5.74) is -0.351. The zero-order valence-electron chi connectivity index (χ0n) is 9.96. The van der Waals surface area contributed by atoms with Gasteiger partial charge in [-0.1, -0.05) is 12.1 Å². The second kappa shape index (κ2) is 5.37. The van der Waals surface area contributed by atoms with E-state index in [0.717, 1.165) is 6.07 Å². The molecular formula is C12H13F4NO. The summed E-state index contributed by atoms with van der Waals surface area (Å²) in [6.45, 7) is 1.51. The predicted octanol–water partition coefficient (Wildman–Crippen LogP) is 3.24. The summed E-state index contributed by atoms with van der Waals surface area (Å²) in [6, 6.07) is 4.32. The molecule has 6 heteroatoms. The summed E-state index contributed by atoms with van der Waals surface area (Å²) < 4.78 is 50.4. The molecule has 0 radical (unpaired) electrons. The highest BCUT2D eigenvalue weighted by Crippen LogP contribution is 2.20. The first-order valence-electron chi connectivity index (χ1n) is 5.34. The summed E-state index contributed by atoms with van der Waals surface area (Å²) >= 11 is 0. The molecule has 0 aliphatic heterocycles. The first kappa shape index (κ1) is 14.5. The molecule has 1 aromatic carbocycles. The van der Waals surface area contributed by atoms with Crippen molar-refractivity contribution >= 4 is 5.91 Å². The van der Waals surface area contributed by atoms with Crippen LogP contribution in [0.1, 0.15) is 24.2 Å². The third-order valence-corrected chi connectivity index (χ3v) is 2.34. The van der Waals surface area contributed by atoms with E-state index in [1.165, 1.54) is 32.0 Å². The molecule has 0 bridgehead atoms. The topological polar surface area (TPSA) is 20.3 Å². The lowest BCUT2D eigenvalue weighted by molar-refractivity contribution is -0.143. The van der Waals surface area contributed by atoms with Gasteiger partial charge < -0.3 is 4.90 Å². The van der Waals surface area contributed by atoms with Gasteiger partial charge in [0, 0.05) is 6.04 Å². The maximum atomic E-state index is 13.4. The molecule has 1 rings (SSSR count). The van der Waals surface area contributed by atoms with Crippen molar-refractivity contribution in [3.8, 4) is 0 Å². The molecule has 0 fully saturated rings. The second-order valence-electron chi connectivity index (χ2n) is 4.12. The van der Waals surface area contributed by atoms with Gasteiger partial charge in [0.1, 0.15) is 12.4 Å². The fraction of sp³-hybridized carbons (Fsp3) is 0.417. The molecule has 18 heavy (non-hydrogen) atoms. The Kier molecular flexibility index (Phi) is 4.32. The van der Waals surface area contributed by atoms with E-state index in [4.69, 9.17) is 0 Å². The Labute approximate surface area is 102 Å². The molecule has 0 aliphatic carbocycles. The normalized spacial score (nSPS) is 11.7. The highest BCUT2D eigenvalue weighted by Gasteiger charge is 2.35. The quantitative estimate of drug-likeness (QED) is 0.767. The standard InChI is InChI=1S/C12H13F4NO/c1-8(2)17(7-12(14,15)16)11(18)9-5-3-4-6-10(9)13/h3-6,8H,7H2,1-2H3. The number of alkyl halides is 3. The van der Waals surface area contributed by atoms with Crippen LogP contribution in [0, 0.1) is 5.82 Å². The first-order chi connectivity index (χ1) is 8.22. The van der Waals surface area contributed by atoms with Gasteiger partial charge in [0.25, 0.3) is 5.91 Å². The van der Waals surface area contributed by atoms with Gasteiger partial charge in [0.15, 0.2) is 0 Å². The SMILES string of the molecule is CC(C)N(CC(F)(F)F)C(=O)c1ccccc1F. The van der Waals surface area contributed by atoms with Crippen molar-refractivity contribution in [1.29, 1.82) is 0 Å². The summed E-state index contributed by atoms with van der Waals surface area (Å²) in [5.74, 6) is -1.78.